The van der Waals surface area contributed by atoms with Crippen LogP contribution in [0.4, 0.5) is 0 Å². The molecule has 0 radical (unpaired) electrons. The van der Waals surface area contributed by atoms with Crippen LogP contribution in [-0.2, 0) is 6.54 Å². The van der Waals surface area contributed by atoms with Crippen LogP contribution in [0.5, 0.6) is 0 Å². The fourth-order valence-electron chi connectivity index (χ4n) is 1.66. The highest BCUT2D eigenvalue weighted by atomic mass is 32.1. The summed E-state index contributed by atoms with van der Waals surface area (Å²) < 4.78 is 1.88. The third-order valence-electron chi connectivity index (χ3n) is 2.80. The van der Waals surface area contributed by atoms with Gasteiger partial charge in [-0.3, -0.25) is 4.79 Å². The van der Waals surface area contributed by atoms with Crippen LogP contribution in [0.15, 0.2) is 10.2 Å². The Morgan fingerprint density at radius 3 is 2.93 bits per heavy atom. The highest BCUT2D eigenvalue weighted by Gasteiger charge is 2.21. The van der Waals surface area contributed by atoms with Gasteiger partial charge in [-0.2, -0.15) is 0 Å². The van der Waals surface area contributed by atoms with Gasteiger partial charge in [-0.1, -0.05) is 18.3 Å². The van der Waals surface area contributed by atoms with Crippen molar-refractivity contribution in [2.75, 3.05) is 6.54 Å². The van der Waals surface area contributed by atoms with Crippen molar-refractivity contribution in [1.82, 2.24) is 9.88 Å². The molecule has 1 aliphatic rings. The highest BCUT2D eigenvalue weighted by molar-refractivity contribution is 7.07. The largest absolute Gasteiger partial charge is 0.314 e. The molecule has 4 heteroatoms. The first-order valence-corrected chi connectivity index (χ1v) is 6.43. The first kappa shape index (κ1) is 10.9. The molecule has 1 aliphatic carbocycles. The Balaban J connectivity index is 1.86. The number of thiazole rings is 1. The van der Waals surface area contributed by atoms with Crippen molar-refractivity contribution in [3.63, 3.8) is 0 Å². The van der Waals surface area contributed by atoms with E-state index in [1.165, 1.54) is 24.2 Å². The lowest BCUT2D eigenvalue weighted by atomic mass is 10.2. The smallest absolute Gasteiger partial charge is 0.307 e. The lowest BCUT2D eigenvalue weighted by Crippen LogP contribution is -2.28. The zero-order valence-corrected chi connectivity index (χ0v) is 10.1. The average Bonchev–Trinajstić information content (AvgIpc) is 2.98. The third kappa shape index (κ3) is 2.92. The first-order chi connectivity index (χ1) is 7.16. The molecule has 1 heterocycles. The first-order valence-electron chi connectivity index (χ1n) is 5.55. The van der Waals surface area contributed by atoms with Crippen molar-refractivity contribution < 1.29 is 0 Å². The predicted octanol–water partition coefficient (Wildman–Crippen LogP) is 1.61. The summed E-state index contributed by atoms with van der Waals surface area (Å²) in [6, 6.07) is 0.757. The molecule has 0 bridgehead atoms. The summed E-state index contributed by atoms with van der Waals surface area (Å²) in [5, 5.41) is 5.43. The molecule has 2 rings (SSSR count). The Kier molecular flexibility index (Phi) is 3.26. The van der Waals surface area contributed by atoms with Gasteiger partial charge in [0.05, 0.1) is 0 Å². The lowest BCUT2D eigenvalue weighted by molar-refractivity contribution is 0.437. The molecule has 3 nitrogen and oxygen atoms in total. The molecule has 0 amide bonds. The van der Waals surface area contributed by atoms with Crippen LogP contribution in [0.3, 0.4) is 0 Å². The van der Waals surface area contributed by atoms with E-state index in [0.717, 1.165) is 24.8 Å². The van der Waals surface area contributed by atoms with Crippen molar-refractivity contribution in [1.29, 1.82) is 0 Å². The second-order valence-corrected chi connectivity index (χ2v) is 5.36. The summed E-state index contributed by atoms with van der Waals surface area (Å²) in [4.78, 5) is 11.7. The Hall–Kier alpha value is -0.610. The second kappa shape index (κ2) is 4.49. The molecule has 1 unspecified atom stereocenters. The van der Waals surface area contributed by atoms with E-state index >= 15 is 0 Å². The van der Waals surface area contributed by atoms with Gasteiger partial charge in [0, 0.05) is 23.7 Å². The van der Waals surface area contributed by atoms with Crippen LogP contribution in [-0.4, -0.2) is 17.2 Å². The lowest BCUT2D eigenvalue weighted by Gasteiger charge is -2.13. The summed E-state index contributed by atoms with van der Waals surface area (Å²) in [7, 11) is 0. The van der Waals surface area contributed by atoms with E-state index in [9.17, 15) is 4.79 Å². The van der Waals surface area contributed by atoms with Crippen LogP contribution >= 0.6 is 11.3 Å². The second-order valence-electron chi connectivity index (χ2n) is 4.54. The molecule has 0 saturated heterocycles. The Bertz CT molecular complexity index is 378. The molecular weight excluding hydrogens is 208 g/mol. The summed E-state index contributed by atoms with van der Waals surface area (Å²) >= 11 is 1.30. The van der Waals surface area contributed by atoms with Crippen molar-refractivity contribution in [2.45, 2.75) is 39.3 Å². The van der Waals surface area contributed by atoms with E-state index in [1.807, 2.05) is 16.9 Å². The molecule has 0 spiro atoms. The van der Waals surface area contributed by atoms with Crippen LogP contribution in [0.2, 0.25) is 0 Å². The topological polar surface area (TPSA) is 34.0 Å². The highest BCUT2D eigenvalue weighted by Crippen LogP contribution is 2.18. The van der Waals surface area contributed by atoms with Gasteiger partial charge >= 0.3 is 4.87 Å². The van der Waals surface area contributed by atoms with Gasteiger partial charge in [0.1, 0.15) is 0 Å². The predicted molar refractivity (Wildman–Crippen MR) is 63.5 cm³/mol. The van der Waals surface area contributed by atoms with E-state index in [0.29, 0.717) is 5.92 Å². The molecule has 1 atom stereocenters. The molecule has 0 aromatic carbocycles. The standard InChI is InChI=1S/C11H18N2OS/c1-8(5-12-10-3-4-10)6-13-9(2)7-15-11(13)14/h7-8,10,12H,3-6H2,1-2H3. The summed E-state index contributed by atoms with van der Waals surface area (Å²) in [5.41, 5.74) is 1.09. The van der Waals surface area contributed by atoms with Gasteiger partial charge in [0.15, 0.2) is 0 Å². The molecule has 0 aliphatic heterocycles. The van der Waals surface area contributed by atoms with Crippen molar-refractivity contribution in [2.24, 2.45) is 5.92 Å². The van der Waals surface area contributed by atoms with Gasteiger partial charge in [-0.15, -0.1) is 0 Å². The molecule has 1 N–H and O–H groups in total. The molecule has 1 fully saturated rings. The minimum absolute atomic E-state index is 0.172. The summed E-state index contributed by atoms with van der Waals surface area (Å²) in [5.74, 6) is 0.525. The van der Waals surface area contributed by atoms with Crippen LogP contribution in [0, 0.1) is 12.8 Å². The SMILES string of the molecule is Cc1csc(=O)n1CC(C)CNC1CC1. The van der Waals surface area contributed by atoms with Crippen molar-refractivity contribution in [3.8, 4) is 0 Å². The summed E-state index contributed by atoms with van der Waals surface area (Å²) in [6.07, 6.45) is 2.65. The third-order valence-corrected chi connectivity index (χ3v) is 3.68. The number of rotatable bonds is 5. The number of hydrogen-bond donors (Lipinski definition) is 1. The van der Waals surface area contributed by atoms with Crippen LogP contribution in [0.25, 0.3) is 0 Å². The van der Waals surface area contributed by atoms with E-state index < -0.39 is 0 Å². The quantitative estimate of drug-likeness (QED) is 0.827. The minimum atomic E-state index is 0.172. The monoisotopic (exact) mass is 226 g/mol. The Labute approximate surface area is 94.1 Å². The van der Waals surface area contributed by atoms with E-state index in [4.69, 9.17) is 0 Å². The van der Waals surface area contributed by atoms with Crippen LogP contribution in [0.1, 0.15) is 25.5 Å². The van der Waals surface area contributed by atoms with Gasteiger partial charge in [0.25, 0.3) is 0 Å². The molecule has 84 valence electrons. The van der Waals surface area contributed by atoms with Gasteiger partial charge in [-0.05, 0) is 32.2 Å². The maximum atomic E-state index is 11.5. The zero-order chi connectivity index (χ0) is 10.8. The number of aromatic nitrogens is 1. The minimum Gasteiger partial charge on any atom is -0.314 e. The maximum absolute atomic E-state index is 11.5. The maximum Gasteiger partial charge on any atom is 0.307 e. The van der Waals surface area contributed by atoms with Gasteiger partial charge in [0.2, 0.25) is 0 Å². The molecular formula is C11H18N2OS. The van der Waals surface area contributed by atoms with E-state index in [1.54, 1.807) is 0 Å². The molecule has 1 saturated carbocycles. The van der Waals surface area contributed by atoms with Crippen molar-refractivity contribution in [3.05, 3.63) is 20.7 Å². The number of nitrogens with zero attached hydrogens (tertiary/aromatic N) is 1. The Morgan fingerprint density at radius 2 is 2.40 bits per heavy atom. The molecule has 15 heavy (non-hydrogen) atoms. The number of hydrogen-bond acceptors (Lipinski definition) is 3. The average molecular weight is 226 g/mol. The fourth-order valence-corrected chi connectivity index (χ4v) is 2.40. The molecule has 1 aromatic rings. The van der Waals surface area contributed by atoms with E-state index in [2.05, 4.69) is 12.2 Å². The van der Waals surface area contributed by atoms with Gasteiger partial charge < -0.3 is 9.88 Å². The van der Waals surface area contributed by atoms with E-state index in [-0.39, 0.29) is 4.87 Å². The van der Waals surface area contributed by atoms with Crippen molar-refractivity contribution >= 4 is 11.3 Å². The van der Waals surface area contributed by atoms with Crippen LogP contribution < -0.4 is 10.2 Å². The number of aryl methyl sites for hydroxylation is 1. The van der Waals surface area contributed by atoms with Gasteiger partial charge in [-0.25, -0.2) is 0 Å². The fraction of sp³-hybridized carbons (Fsp3) is 0.727. The zero-order valence-electron chi connectivity index (χ0n) is 9.32. The molecule has 1 aromatic heterocycles. The summed E-state index contributed by atoms with van der Waals surface area (Å²) in [6.45, 7) is 6.05. The number of nitrogens with one attached hydrogen (secondary N) is 1. The normalized spacial score (nSPS) is 18.0. The Morgan fingerprint density at radius 1 is 1.67 bits per heavy atom.